The molecule has 2 heteroatoms. The molecule has 0 aromatic heterocycles. The van der Waals surface area contributed by atoms with Gasteiger partial charge in [0.2, 0.25) is 0 Å². The van der Waals surface area contributed by atoms with Gasteiger partial charge >= 0.3 is 0 Å². The predicted octanol–water partition coefficient (Wildman–Crippen LogP) is 4.60. The van der Waals surface area contributed by atoms with Gasteiger partial charge in [0.1, 0.15) is 11.6 Å². The average molecular weight is 248 g/mol. The van der Waals surface area contributed by atoms with Crippen LogP contribution in [-0.4, -0.2) is 6.61 Å². The second-order valence-electron chi connectivity index (χ2n) is 4.27. The van der Waals surface area contributed by atoms with E-state index in [1.54, 1.807) is 19.1 Å². The van der Waals surface area contributed by atoms with E-state index < -0.39 is 0 Å². The Balaban J connectivity index is 2.67. The van der Waals surface area contributed by atoms with Crippen LogP contribution in [0.25, 0.3) is 0 Å². The molecule has 98 valence electrons. The third kappa shape index (κ3) is 4.02. The van der Waals surface area contributed by atoms with Gasteiger partial charge in [0, 0.05) is 5.56 Å². The zero-order chi connectivity index (χ0) is 13.4. The van der Waals surface area contributed by atoms with Gasteiger partial charge in [0.25, 0.3) is 0 Å². The van der Waals surface area contributed by atoms with Gasteiger partial charge in [-0.3, -0.25) is 0 Å². The van der Waals surface area contributed by atoms with Gasteiger partial charge in [0.05, 0.1) is 6.61 Å². The highest BCUT2D eigenvalue weighted by Gasteiger charge is 2.10. The molecule has 1 nitrogen and oxygen atoms in total. The summed E-state index contributed by atoms with van der Waals surface area (Å²) in [7, 11) is 0. The number of aryl methyl sites for hydroxylation is 1. The van der Waals surface area contributed by atoms with Crippen LogP contribution in [0, 0.1) is 12.7 Å². The largest absolute Gasteiger partial charge is 0.493 e. The molecule has 0 radical (unpaired) electrons. The molecule has 0 atom stereocenters. The lowest BCUT2D eigenvalue weighted by atomic mass is 10.1. The molecule has 18 heavy (non-hydrogen) atoms. The Morgan fingerprint density at radius 1 is 1.22 bits per heavy atom. The smallest absolute Gasteiger partial charge is 0.133 e. The molecule has 0 aliphatic carbocycles. The fourth-order valence-electron chi connectivity index (χ4n) is 1.74. The molecule has 0 aliphatic rings. The van der Waals surface area contributed by atoms with Crippen molar-refractivity contribution in [3.05, 3.63) is 54.4 Å². The first kappa shape index (κ1) is 14.5. The van der Waals surface area contributed by atoms with E-state index in [1.165, 1.54) is 0 Å². The first-order chi connectivity index (χ1) is 8.70. The van der Waals surface area contributed by atoms with Crippen molar-refractivity contribution in [1.29, 1.82) is 0 Å². The monoisotopic (exact) mass is 248 g/mol. The van der Waals surface area contributed by atoms with Crippen molar-refractivity contribution in [1.82, 2.24) is 0 Å². The predicted molar refractivity (Wildman–Crippen MR) is 74.6 cm³/mol. The van der Waals surface area contributed by atoms with E-state index in [-0.39, 0.29) is 5.82 Å². The van der Waals surface area contributed by atoms with Crippen LogP contribution in [0.15, 0.2) is 37.4 Å². The van der Waals surface area contributed by atoms with Gasteiger partial charge in [-0.25, -0.2) is 4.39 Å². The summed E-state index contributed by atoms with van der Waals surface area (Å²) in [5.41, 5.74) is 1.32. The number of rotatable bonds is 8. The summed E-state index contributed by atoms with van der Waals surface area (Å²) in [6.45, 7) is 9.66. The Hall–Kier alpha value is -1.57. The van der Waals surface area contributed by atoms with E-state index in [1.807, 2.05) is 12.1 Å². The first-order valence-corrected chi connectivity index (χ1v) is 6.33. The van der Waals surface area contributed by atoms with E-state index >= 15 is 0 Å². The number of halogens is 1. The Morgan fingerprint density at radius 2 is 1.94 bits per heavy atom. The standard InChI is InChI=1S/C16H21FO/c1-4-6-8-12-18-15-11-10-14(9-7-5-2)16(17)13(15)3/h4-5,10-11H,1-2,6-9,12H2,3H3. The minimum absolute atomic E-state index is 0.155. The Bertz CT molecular complexity index is 410. The van der Waals surface area contributed by atoms with Gasteiger partial charge in [-0.05, 0) is 44.2 Å². The number of unbranched alkanes of at least 4 members (excludes halogenated alkanes) is 1. The zero-order valence-corrected chi connectivity index (χ0v) is 11.0. The van der Waals surface area contributed by atoms with Crippen LogP contribution in [0.3, 0.4) is 0 Å². The fraction of sp³-hybridized carbons (Fsp3) is 0.375. The second-order valence-corrected chi connectivity index (χ2v) is 4.27. The molecule has 0 amide bonds. The lowest BCUT2D eigenvalue weighted by Gasteiger charge is -2.11. The molecule has 1 rings (SSSR count). The lowest BCUT2D eigenvalue weighted by Crippen LogP contribution is -2.01. The molecule has 0 saturated heterocycles. The highest BCUT2D eigenvalue weighted by atomic mass is 19.1. The fourth-order valence-corrected chi connectivity index (χ4v) is 1.74. The maximum absolute atomic E-state index is 14.0. The number of hydrogen-bond acceptors (Lipinski definition) is 1. The molecule has 0 aliphatic heterocycles. The average Bonchev–Trinajstić information content (AvgIpc) is 2.38. The van der Waals surface area contributed by atoms with E-state index in [2.05, 4.69) is 13.2 Å². The summed E-state index contributed by atoms with van der Waals surface area (Å²) < 4.78 is 19.6. The van der Waals surface area contributed by atoms with Crippen molar-refractivity contribution < 1.29 is 9.13 Å². The minimum atomic E-state index is -0.155. The van der Waals surface area contributed by atoms with Gasteiger partial charge in [0.15, 0.2) is 0 Å². The summed E-state index contributed by atoms with van der Waals surface area (Å²) in [6, 6.07) is 3.65. The molecular weight excluding hydrogens is 227 g/mol. The number of allylic oxidation sites excluding steroid dienone is 2. The molecular formula is C16H21FO. The molecule has 0 bridgehead atoms. The maximum Gasteiger partial charge on any atom is 0.133 e. The van der Waals surface area contributed by atoms with Gasteiger partial charge in [-0.15, -0.1) is 13.2 Å². The molecule has 0 heterocycles. The van der Waals surface area contributed by atoms with Crippen molar-refractivity contribution in [2.75, 3.05) is 6.61 Å². The second kappa shape index (κ2) is 7.70. The molecule has 0 spiro atoms. The van der Waals surface area contributed by atoms with Crippen molar-refractivity contribution in [3.63, 3.8) is 0 Å². The maximum atomic E-state index is 14.0. The van der Waals surface area contributed by atoms with Crippen molar-refractivity contribution >= 4 is 0 Å². The summed E-state index contributed by atoms with van der Waals surface area (Å²) >= 11 is 0. The van der Waals surface area contributed by atoms with Crippen LogP contribution >= 0.6 is 0 Å². The normalized spacial score (nSPS) is 10.1. The van der Waals surface area contributed by atoms with Gasteiger partial charge in [-0.2, -0.15) is 0 Å². The van der Waals surface area contributed by atoms with E-state index in [0.29, 0.717) is 24.3 Å². The SMILES string of the molecule is C=CCCCOc1ccc(CCC=C)c(F)c1C. The third-order valence-electron chi connectivity index (χ3n) is 2.84. The summed E-state index contributed by atoms with van der Waals surface area (Å²) in [6.07, 6.45) is 6.95. The van der Waals surface area contributed by atoms with Crippen LogP contribution in [0.1, 0.15) is 30.4 Å². The quantitative estimate of drug-likeness (QED) is 0.482. The number of benzene rings is 1. The van der Waals surface area contributed by atoms with E-state index in [0.717, 1.165) is 24.8 Å². The molecule has 1 aromatic carbocycles. The Morgan fingerprint density at radius 3 is 2.61 bits per heavy atom. The first-order valence-electron chi connectivity index (χ1n) is 6.33. The van der Waals surface area contributed by atoms with Crippen LogP contribution in [0.2, 0.25) is 0 Å². The lowest BCUT2D eigenvalue weighted by molar-refractivity contribution is 0.308. The summed E-state index contributed by atoms with van der Waals surface area (Å²) in [5.74, 6) is 0.483. The molecule has 1 aromatic rings. The van der Waals surface area contributed by atoms with Gasteiger partial charge < -0.3 is 4.74 Å². The van der Waals surface area contributed by atoms with E-state index in [9.17, 15) is 4.39 Å². The van der Waals surface area contributed by atoms with Gasteiger partial charge in [-0.1, -0.05) is 18.2 Å². The molecule has 0 N–H and O–H groups in total. The van der Waals surface area contributed by atoms with Crippen molar-refractivity contribution in [2.45, 2.75) is 32.6 Å². The topological polar surface area (TPSA) is 9.23 Å². The zero-order valence-electron chi connectivity index (χ0n) is 11.0. The van der Waals surface area contributed by atoms with Crippen LogP contribution < -0.4 is 4.74 Å². The Labute approximate surface area is 109 Å². The highest BCUT2D eigenvalue weighted by Crippen LogP contribution is 2.24. The van der Waals surface area contributed by atoms with Crippen LogP contribution in [-0.2, 0) is 6.42 Å². The van der Waals surface area contributed by atoms with Crippen LogP contribution in [0.4, 0.5) is 4.39 Å². The third-order valence-corrected chi connectivity index (χ3v) is 2.84. The summed E-state index contributed by atoms with van der Waals surface area (Å²) in [5, 5.41) is 0. The Kier molecular flexibility index (Phi) is 6.20. The van der Waals surface area contributed by atoms with Crippen molar-refractivity contribution in [3.8, 4) is 5.75 Å². The highest BCUT2D eigenvalue weighted by molar-refractivity contribution is 5.38. The summed E-state index contributed by atoms with van der Waals surface area (Å²) in [4.78, 5) is 0. The molecule has 0 unspecified atom stereocenters. The van der Waals surface area contributed by atoms with E-state index in [4.69, 9.17) is 4.74 Å². The van der Waals surface area contributed by atoms with Crippen molar-refractivity contribution in [2.24, 2.45) is 0 Å². The number of ether oxygens (including phenoxy) is 1. The molecule has 0 fully saturated rings. The number of hydrogen-bond donors (Lipinski definition) is 0. The molecule has 0 saturated carbocycles. The van der Waals surface area contributed by atoms with Crippen LogP contribution in [0.5, 0.6) is 5.75 Å². The minimum Gasteiger partial charge on any atom is -0.493 e.